The van der Waals surface area contributed by atoms with Gasteiger partial charge in [-0.1, -0.05) is 12.1 Å². The van der Waals surface area contributed by atoms with Crippen LogP contribution in [0.4, 0.5) is 0 Å². The quantitative estimate of drug-likeness (QED) is 0.362. The van der Waals surface area contributed by atoms with Crippen molar-refractivity contribution in [1.29, 1.82) is 0 Å². The number of guanidine groups is 1. The molecule has 0 aliphatic rings. The van der Waals surface area contributed by atoms with Crippen molar-refractivity contribution >= 4 is 16.9 Å². The highest BCUT2D eigenvalue weighted by Crippen LogP contribution is 2.34. The fourth-order valence-corrected chi connectivity index (χ4v) is 3.67. The lowest BCUT2D eigenvalue weighted by atomic mass is 10.1. The number of aromatic nitrogens is 1. The van der Waals surface area contributed by atoms with E-state index in [4.69, 9.17) is 14.2 Å². The molecule has 0 bridgehead atoms. The summed E-state index contributed by atoms with van der Waals surface area (Å²) in [6.07, 6.45) is 3.72. The summed E-state index contributed by atoms with van der Waals surface area (Å²) in [4.78, 5) is 7.69. The molecule has 0 amide bonds. The summed E-state index contributed by atoms with van der Waals surface area (Å²) in [5, 5.41) is 8.02. The molecule has 2 aromatic carbocycles. The van der Waals surface area contributed by atoms with E-state index in [1.807, 2.05) is 12.1 Å². The summed E-state index contributed by atoms with van der Waals surface area (Å²) in [5.74, 6) is 2.96. The van der Waals surface area contributed by atoms with Gasteiger partial charge in [0.15, 0.2) is 5.96 Å². The fourth-order valence-electron chi connectivity index (χ4n) is 3.67. The Morgan fingerprint density at radius 3 is 2.23 bits per heavy atom. The Hall–Kier alpha value is -3.35. The number of nitrogens with one attached hydrogen (secondary N) is 3. The Labute approximate surface area is 183 Å². The maximum atomic E-state index is 5.53. The predicted molar refractivity (Wildman–Crippen MR) is 126 cm³/mol. The van der Waals surface area contributed by atoms with Gasteiger partial charge in [-0.05, 0) is 37.0 Å². The molecule has 0 saturated heterocycles. The highest BCUT2D eigenvalue weighted by atomic mass is 16.5. The largest absolute Gasteiger partial charge is 0.496 e. The number of aryl methyl sites for hydroxylation is 1. The zero-order valence-corrected chi connectivity index (χ0v) is 19.0. The third-order valence-corrected chi connectivity index (χ3v) is 5.32. The van der Waals surface area contributed by atoms with Crippen molar-refractivity contribution in [3.63, 3.8) is 0 Å². The number of aliphatic imine (C=N–C) groups is 1. The van der Waals surface area contributed by atoms with Gasteiger partial charge in [-0.25, -0.2) is 0 Å². The van der Waals surface area contributed by atoms with Crippen LogP contribution in [0, 0.1) is 6.92 Å². The Bertz CT molecular complexity index is 1020. The number of benzene rings is 2. The molecule has 3 aromatic rings. The van der Waals surface area contributed by atoms with E-state index in [1.165, 1.54) is 22.0 Å². The molecule has 166 valence electrons. The Morgan fingerprint density at radius 2 is 1.61 bits per heavy atom. The second-order valence-electron chi connectivity index (χ2n) is 7.30. The smallest absolute Gasteiger partial charge is 0.190 e. The molecular weight excluding hydrogens is 392 g/mol. The molecule has 3 rings (SSSR count). The second-order valence-corrected chi connectivity index (χ2v) is 7.30. The van der Waals surface area contributed by atoms with Gasteiger partial charge in [-0.3, -0.25) is 4.99 Å². The van der Waals surface area contributed by atoms with Crippen molar-refractivity contribution in [3.8, 4) is 17.2 Å². The topological polar surface area (TPSA) is 79.9 Å². The number of hydrogen-bond acceptors (Lipinski definition) is 4. The lowest BCUT2D eigenvalue weighted by molar-refractivity contribution is 0.368. The molecule has 1 heterocycles. The van der Waals surface area contributed by atoms with Gasteiger partial charge in [0.05, 0.1) is 21.3 Å². The molecule has 7 heteroatoms. The first-order chi connectivity index (χ1) is 15.1. The van der Waals surface area contributed by atoms with Crippen molar-refractivity contribution in [2.45, 2.75) is 19.8 Å². The number of methoxy groups -OCH3 is 3. The Balaban J connectivity index is 1.54. The number of aromatic amines is 1. The molecular formula is C24H32N4O3. The maximum Gasteiger partial charge on any atom is 0.190 e. The summed E-state index contributed by atoms with van der Waals surface area (Å²) in [6, 6.07) is 10.2. The summed E-state index contributed by atoms with van der Waals surface area (Å²) < 4.78 is 16.4. The first kappa shape index (κ1) is 22.3. The standard InChI is InChI=1S/C24H32N4O3/c1-16-6-7-19-17(15-28-21(19)12-16)8-10-26-24(25-2)27-11-9-20-22(30-4)13-18(29-3)14-23(20)31-5/h6-7,12-15,28H,8-11H2,1-5H3,(H2,25,26,27). The first-order valence-electron chi connectivity index (χ1n) is 10.4. The van der Waals surface area contributed by atoms with Crippen LogP contribution in [0.25, 0.3) is 10.9 Å². The number of nitrogens with zero attached hydrogens (tertiary/aromatic N) is 1. The van der Waals surface area contributed by atoms with E-state index in [0.717, 1.165) is 42.4 Å². The van der Waals surface area contributed by atoms with Crippen molar-refractivity contribution in [1.82, 2.24) is 15.6 Å². The van der Waals surface area contributed by atoms with Crippen LogP contribution < -0.4 is 24.8 Å². The van der Waals surface area contributed by atoms with Gasteiger partial charge in [0.2, 0.25) is 0 Å². The minimum absolute atomic E-state index is 0.686. The number of rotatable bonds is 9. The average Bonchev–Trinajstić information content (AvgIpc) is 3.19. The maximum absolute atomic E-state index is 5.53. The first-order valence-corrected chi connectivity index (χ1v) is 10.4. The normalized spacial score (nSPS) is 11.5. The molecule has 31 heavy (non-hydrogen) atoms. The van der Waals surface area contributed by atoms with E-state index >= 15 is 0 Å². The predicted octanol–water partition coefficient (Wildman–Crippen LogP) is 3.45. The van der Waals surface area contributed by atoms with Crippen LogP contribution in [-0.2, 0) is 12.8 Å². The van der Waals surface area contributed by atoms with Crippen LogP contribution in [0.5, 0.6) is 17.2 Å². The number of ether oxygens (including phenoxy) is 3. The molecule has 0 atom stereocenters. The minimum Gasteiger partial charge on any atom is -0.496 e. The van der Waals surface area contributed by atoms with Crippen molar-refractivity contribution in [2.75, 3.05) is 41.5 Å². The summed E-state index contributed by atoms with van der Waals surface area (Å²) in [6.45, 7) is 3.58. The van der Waals surface area contributed by atoms with Gasteiger partial charge >= 0.3 is 0 Å². The molecule has 1 aromatic heterocycles. The van der Waals surface area contributed by atoms with E-state index in [9.17, 15) is 0 Å². The van der Waals surface area contributed by atoms with Gasteiger partial charge in [0, 0.05) is 54.9 Å². The van der Waals surface area contributed by atoms with Gasteiger partial charge in [-0.15, -0.1) is 0 Å². The van der Waals surface area contributed by atoms with Gasteiger partial charge < -0.3 is 29.8 Å². The van der Waals surface area contributed by atoms with Crippen LogP contribution in [0.1, 0.15) is 16.7 Å². The zero-order valence-electron chi connectivity index (χ0n) is 19.0. The third kappa shape index (κ3) is 5.42. The second kappa shape index (κ2) is 10.6. The van der Waals surface area contributed by atoms with Gasteiger partial charge in [0.1, 0.15) is 17.2 Å². The highest BCUT2D eigenvalue weighted by Gasteiger charge is 2.13. The van der Waals surface area contributed by atoms with Gasteiger partial charge in [-0.2, -0.15) is 0 Å². The zero-order chi connectivity index (χ0) is 22.2. The van der Waals surface area contributed by atoms with Crippen LogP contribution in [-0.4, -0.2) is 52.4 Å². The van der Waals surface area contributed by atoms with E-state index in [2.05, 4.69) is 51.9 Å². The van der Waals surface area contributed by atoms with Crippen molar-refractivity contribution in [2.24, 2.45) is 4.99 Å². The average molecular weight is 425 g/mol. The molecule has 3 N–H and O–H groups in total. The molecule has 0 fully saturated rings. The molecule has 0 unspecified atom stereocenters. The van der Waals surface area contributed by atoms with Crippen LogP contribution in [0.3, 0.4) is 0 Å². The molecule has 0 aliphatic carbocycles. The SMILES string of the molecule is CN=C(NCCc1c(OC)cc(OC)cc1OC)NCCc1c[nH]c2cc(C)ccc12. The lowest BCUT2D eigenvalue weighted by Crippen LogP contribution is -2.39. The summed E-state index contributed by atoms with van der Waals surface area (Å²) in [5.41, 5.74) is 4.72. The molecule has 7 nitrogen and oxygen atoms in total. The lowest BCUT2D eigenvalue weighted by Gasteiger charge is -2.16. The van der Waals surface area contributed by atoms with E-state index in [1.54, 1.807) is 28.4 Å². The minimum atomic E-state index is 0.686. The van der Waals surface area contributed by atoms with Crippen LogP contribution in [0.15, 0.2) is 41.5 Å². The monoisotopic (exact) mass is 424 g/mol. The molecule has 0 saturated carbocycles. The van der Waals surface area contributed by atoms with E-state index < -0.39 is 0 Å². The van der Waals surface area contributed by atoms with Gasteiger partial charge in [0.25, 0.3) is 0 Å². The van der Waals surface area contributed by atoms with E-state index in [-0.39, 0.29) is 0 Å². The number of hydrogen-bond donors (Lipinski definition) is 3. The van der Waals surface area contributed by atoms with Crippen molar-refractivity contribution < 1.29 is 14.2 Å². The fraction of sp³-hybridized carbons (Fsp3) is 0.375. The van der Waals surface area contributed by atoms with Crippen LogP contribution in [0.2, 0.25) is 0 Å². The van der Waals surface area contributed by atoms with Crippen molar-refractivity contribution in [3.05, 3.63) is 53.2 Å². The number of H-pyrrole nitrogens is 1. The molecule has 0 radical (unpaired) electrons. The third-order valence-electron chi connectivity index (χ3n) is 5.32. The summed E-state index contributed by atoms with van der Waals surface area (Å²) in [7, 11) is 6.70. The highest BCUT2D eigenvalue weighted by molar-refractivity contribution is 5.84. The van der Waals surface area contributed by atoms with E-state index in [0.29, 0.717) is 12.3 Å². The Kier molecular flexibility index (Phi) is 7.65. The number of fused-ring (bicyclic) bond motifs is 1. The van der Waals surface area contributed by atoms with Crippen LogP contribution >= 0.6 is 0 Å². The molecule has 0 aliphatic heterocycles. The Morgan fingerprint density at radius 1 is 0.935 bits per heavy atom. The molecule has 0 spiro atoms. The summed E-state index contributed by atoms with van der Waals surface area (Å²) >= 11 is 0.